The molecule has 2 heteroatoms. The Balaban J connectivity index is 1.70. The van der Waals surface area contributed by atoms with Crippen LogP contribution >= 0.6 is 0 Å². The lowest BCUT2D eigenvalue weighted by molar-refractivity contribution is -0.173. The highest BCUT2D eigenvalue weighted by Gasteiger charge is 2.61. The van der Waals surface area contributed by atoms with Gasteiger partial charge in [-0.05, 0) is 92.8 Å². The van der Waals surface area contributed by atoms with E-state index in [1.165, 1.54) is 38.5 Å². The predicted octanol–water partition coefficient (Wildman–Crippen LogP) is 4.96. The third-order valence-electron chi connectivity index (χ3n) is 9.13. The number of hydrogen-bond acceptors (Lipinski definition) is 2. The van der Waals surface area contributed by atoms with Gasteiger partial charge in [0, 0.05) is 7.11 Å². The third-order valence-corrected chi connectivity index (χ3v) is 9.13. The van der Waals surface area contributed by atoms with Crippen molar-refractivity contribution in [2.24, 2.45) is 34.5 Å². The molecule has 0 saturated heterocycles. The van der Waals surface area contributed by atoms with Crippen molar-refractivity contribution in [1.82, 2.24) is 0 Å². The molecular weight excluding hydrogens is 296 g/mol. The molecule has 0 aromatic rings. The number of fused-ring (bicyclic) bond motifs is 5. The maximum atomic E-state index is 10.2. The zero-order chi connectivity index (χ0) is 17.1. The zero-order valence-corrected chi connectivity index (χ0v) is 16.1. The van der Waals surface area contributed by atoms with Crippen molar-refractivity contribution in [2.75, 3.05) is 7.11 Å². The molecule has 0 bridgehead atoms. The van der Waals surface area contributed by atoms with Crippen LogP contribution in [0.25, 0.3) is 0 Å². The molecule has 0 aromatic carbocycles. The molecule has 0 aliphatic heterocycles. The Bertz CT molecular complexity index is 526. The van der Waals surface area contributed by atoms with Gasteiger partial charge in [0.25, 0.3) is 0 Å². The van der Waals surface area contributed by atoms with Crippen LogP contribution in [0.1, 0.15) is 72.1 Å². The summed E-state index contributed by atoms with van der Waals surface area (Å²) in [5.74, 6) is 2.97. The molecule has 4 saturated carbocycles. The van der Waals surface area contributed by atoms with Gasteiger partial charge >= 0.3 is 0 Å². The van der Waals surface area contributed by atoms with Crippen LogP contribution in [0.4, 0.5) is 0 Å². The first kappa shape index (κ1) is 17.1. The number of methoxy groups -OCH3 is 1. The zero-order valence-electron chi connectivity index (χ0n) is 16.1. The lowest BCUT2D eigenvalue weighted by Crippen LogP contribution is -2.58. The number of ether oxygens (including phenoxy) is 1. The molecule has 8 atom stereocenters. The quantitative estimate of drug-likeness (QED) is 0.688. The SMILES string of the molecule is C/C=C1/CC[C@H]2[C@@H]3[C@H](OC)C[C@H]4C[C@@H](O)CC[C@]4(C)[C@H]3CC[C@]12C. The van der Waals surface area contributed by atoms with Crippen molar-refractivity contribution in [2.45, 2.75) is 84.3 Å². The second kappa shape index (κ2) is 5.84. The summed E-state index contributed by atoms with van der Waals surface area (Å²) in [6.45, 7) is 7.34. The highest BCUT2D eigenvalue weighted by molar-refractivity contribution is 5.24. The van der Waals surface area contributed by atoms with Crippen LogP contribution in [0.15, 0.2) is 11.6 Å². The van der Waals surface area contributed by atoms with E-state index in [0.29, 0.717) is 22.9 Å². The number of aliphatic hydroxyl groups is 1. The molecule has 0 unspecified atom stereocenters. The van der Waals surface area contributed by atoms with Crippen molar-refractivity contribution in [1.29, 1.82) is 0 Å². The molecule has 0 heterocycles. The lowest BCUT2D eigenvalue weighted by Gasteiger charge is -2.62. The maximum absolute atomic E-state index is 10.2. The molecule has 24 heavy (non-hydrogen) atoms. The summed E-state index contributed by atoms with van der Waals surface area (Å²) in [4.78, 5) is 0. The van der Waals surface area contributed by atoms with Gasteiger partial charge in [0.15, 0.2) is 0 Å². The summed E-state index contributed by atoms with van der Waals surface area (Å²) in [6, 6.07) is 0. The van der Waals surface area contributed by atoms with E-state index in [4.69, 9.17) is 4.74 Å². The van der Waals surface area contributed by atoms with E-state index >= 15 is 0 Å². The molecular formula is C22H36O2. The van der Waals surface area contributed by atoms with Crippen LogP contribution in [0.5, 0.6) is 0 Å². The molecule has 136 valence electrons. The number of aliphatic hydroxyl groups excluding tert-OH is 1. The van der Waals surface area contributed by atoms with Gasteiger partial charge < -0.3 is 9.84 Å². The molecule has 0 aromatic heterocycles. The van der Waals surface area contributed by atoms with Gasteiger partial charge in [-0.15, -0.1) is 0 Å². The van der Waals surface area contributed by atoms with Crippen LogP contribution in [0, 0.1) is 34.5 Å². The maximum Gasteiger partial charge on any atom is 0.0608 e. The van der Waals surface area contributed by atoms with Crippen LogP contribution in [-0.2, 0) is 4.74 Å². The van der Waals surface area contributed by atoms with Gasteiger partial charge in [-0.3, -0.25) is 0 Å². The Hall–Kier alpha value is -0.340. The first-order valence-corrected chi connectivity index (χ1v) is 10.3. The molecule has 4 fully saturated rings. The van der Waals surface area contributed by atoms with E-state index in [9.17, 15) is 5.11 Å². The van der Waals surface area contributed by atoms with E-state index in [1.807, 2.05) is 7.11 Å². The van der Waals surface area contributed by atoms with Crippen LogP contribution in [0.2, 0.25) is 0 Å². The van der Waals surface area contributed by atoms with Crippen LogP contribution < -0.4 is 0 Å². The Morgan fingerprint density at radius 3 is 2.58 bits per heavy atom. The molecule has 0 spiro atoms. The Morgan fingerprint density at radius 1 is 1.08 bits per heavy atom. The van der Waals surface area contributed by atoms with Crippen molar-refractivity contribution in [3.05, 3.63) is 11.6 Å². The second-order valence-electron chi connectivity index (χ2n) is 9.74. The summed E-state index contributed by atoms with van der Waals surface area (Å²) in [5.41, 5.74) is 2.57. The van der Waals surface area contributed by atoms with E-state index in [2.05, 4.69) is 26.8 Å². The first-order valence-electron chi connectivity index (χ1n) is 10.3. The fourth-order valence-corrected chi connectivity index (χ4v) is 7.75. The van der Waals surface area contributed by atoms with E-state index < -0.39 is 0 Å². The molecule has 4 aliphatic rings. The molecule has 2 nitrogen and oxygen atoms in total. The lowest BCUT2D eigenvalue weighted by atomic mass is 9.44. The predicted molar refractivity (Wildman–Crippen MR) is 97.7 cm³/mol. The average molecular weight is 333 g/mol. The molecule has 0 amide bonds. The summed E-state index contributed by atoms with van der Waals surface area (Å²) in [5, 5.41) is 10.2. The Labute approximate surface area is 148 Å². The van der Waals surface area contributed by atoms with Gasteiger partial charge in [0.2, 0.25) is 0 Å². The molecule has 4 rings (SSSR count). The Morgan fingerprint density at radius 2 is 1.88 bits per heavy atom. The van der Waals surface area contributed by atoms with Crippen molar-refractivity contribution >= 4 is 0 Å². The second-order valence-corrected chi connectivity index (χ2v) is 9.74. The van der Waals surface area contributed by atoms with Crippen molar-refractivity contribution in [3.63, 3.8) is 0 Å². The minimum atomic E-state index is -0.0768. The number of allylic oxidation sites excluding steroid dienone is 2. The normalized spacial score (nSPS) is 55.8. The molecule has 4 aliphatic carbocycles. The van der Waals surface area contributed by atoms with E-state index in [1.54, 1.807) is 5.57 Å². The molecule has 0 radical (unpaired) electrons. The fourth-order valence-electron chi connectivity index (χ4n) is 7.75. The fraction of sp³-hybridized carbons (Fsp3) is 0.909. The van der Waals surface area contributed by atoms with Gasteiger partial charge in [-0.25, -0.2) is 0 Å². The summed E-state index contributed by atoms with van der Waals surface area (Å²) < 4.78 is 6.11. The van der Waals surface area contributed by atoms with E-state index in [-0.39, 0.29) is 6.10 Å². The first-order chi connectivity index (χ1) is 11.4. The Kier molecular flexibility index (Phi) is 4.16. The monoisotopic (exact) mass is 332 g/mol. The molecule has 1 N–H and O–H groups in total. The number of rotatable bonds is 1. The minimum absolute atomic E-state index is 0.0768. The van der Waals surface area contributed by atoms with Gasteiger partial charge in [0.1, 0.15) is 0 Å². The van der Waals surface area contributed by atoms with Gasteiger partial charge in [-0.1, -0.05) is 25.5 Å². The highest BCUT2D eigenvalue weighted by atomic mass is 16.5. The van der Waals surface area contributed by atoms with Crippen LogP contribution in [0.3, 0.4) is 0 Å². The van der Waals surface area contributed by atoms with E-state index in [0.717, 1.165) is 30.6 Å². The van der Waals surface area contributed by atoms with Crippen molar-refractivity contribution < 1.29 is 9.84 Å². The van der Waals surface area contributed by atoms with Crippen molar-refractivity contribution in [3.8, 4) is 0 Å². The third kappa shape index (κ3) is 2.21. The highest BCUT2D eigenvalue weighted by Crippen LogP contribution is 2.67. The summed E-state index contributed by atoms with van der Waals surface area (Å²) in [7, 11) is 1.93. The number of hydrogen-bond donors (Lipinski definition) is 1. The smallest absolute Gasteiger partial charge is 0.0608 e. The largest absolute Gasteiger partial charge is 0.393 e. The van der Waals surface area contributed by atoms with Crippen LogP contribution in [-0.4, -0.2) is 24.4 Å². The average Bonchev–Trinajstić information content (AvgIpc) is 2.91. The van der Waals surface area contributed by atoms with Gasteiger partial charge in [-0.2, -0.15) is 0 Å². The summed E-state index contributed by atoms with van der Waals surface area (Å²) in [6.07, 6.45) is 12.5. The summed E-state index contributed by atoms with van der Waals surface area (Å²) >= 11 is 0. The standard InChI is InChI=1S/C22H36O2/c1-5-14-6-7-17-20-18(9-11-21(14,17)2)22(3)10-8-16(23)12-15(22)13-19(20)24-4/h5,15-20,23H,6-13H2,1-4H3/b14-5-/t15-,16+,17+,18+,19-,20+,21-,22+/m1/s1. The van der Waals surface area contributed by atoms with Gasteiger partial charge in [0.05, 0.1) is 12.2 Å². The topological polar surface area (TPSA) is 29.5 Å². The minimum Gasteiger partial charge on any atom is -0.393 e.